The molecule has 7 rings (SSSR count). The molecule has 2 atom stereocenters. The highest BCUT2D eigenvalue weighted by Crippen LogP contribution is 2.35. The van der Waals surface area contributed by atoms with Gasteiger partial charge in [-0.3, -0.25) is 14.4 Å². The summed E-state index contributed by atoms with van der Waals surface area (Å²) in [4.78, 5) is 48.4. The molecule has 0 unspecified atom stereocenters. The van der Waals surface area contributed by atoms with E-state index in [-0.39, 0.29) is 29.8 Å². The molecule has 8 nitrogen and oxygen atoms in total. The van der Waals surface area contributed by atoms with Crippen LogP contribution < -0.4 is 10.6 Å². The maximum absolute atomic E-state index is 13.9. The van der Waals surface area contributed by atoms with Gasteiger partial charge in [0.15, 0.2) is 0 Å². The zero-order valence-electron chi connectivity index (χ0n) is 26.8. The number of nitrogens with one attached hydrogen (secondary N) is 3. The topological polar surface area (TPSA) is 97.5 Å². The van der Waals surface area contributed by atoms with E-state index < -0.39 is 0 Å². The number of rotatable bonds is 7. The van der Waals surface area contributed by atoms with Gasteiger partial charge in [0.2, 0.25) is 0 Å². The monoisotopic (exact) mass is 615 g/mol. The molecule has 236 valence electrons. The van der Waals surface area contributed by atoms with Gasteiger partial charge in [-0.25, -0.2) is 0 Å². The predicted molar refractivity (Wildman–Crippen MR) is 183 cm³/mol. The summed E-state index contributed by atoms with van der Waals surface area (Å²) in [5.74, 6) is -0.383. The highest BCUT2D eigenvalue weighted by molar-refractivity contribution is 6.35. The molecule has 1 aromatic heterocycles. The van der Waals surface area contributed by atoms with Gasteiger partial charge in [-0.15, -0.1) is 0 Å². The number of aryl methyl sites for hydroxylation is 1. The molecule has 3 aromatic carbocycles. The zero-order chi connectivity index (χ0) is 31.9. The third-order valence-electron chi connectivity index (χ3n) is 9.97. The van der Waals surface area contributed by atoms with Crippen LogP contribution in [0.2, 0.25) is 0 Å². The third kappa shape index (κ3) is 5.62. The zero-order valence-corrected chi connectivity index (χ0v) is 26.8. The van der Waals surface area contributed by atoms with E-state index >= 15 is 0 Å². The molecular formula is C38H41N5O3. The normalized spacial score (nSPS) is 19.5. The Labute approximate surface area is 269 Å². The molecule has 0 radical (unpaired) electrons. The molecule has 3 aliphatic heterocycles. The number of H-pyrrole nitrogens is 1. The van der Waals surface area contributed by atoms with Crippen molar-refractivity contribution in [1.29, 1.82) is 0 Å². The predicted octanol–water partition coefficient (Wildman–Crippen LogP) is 6.47. The molecule has 0 aliphatic carbocycles. The Kier molecular flexibility index (Phi) is 7.99. The number of fused-ring (bicyclic) bond motifs is 2. The molecule has 3 amide bonds. The summed E-state index contributed by atoms with van der Waals surface area (Å²) in [6, 6.07) is 19.7. The van der Waals surface area contributed by atoms with Gasteiger partial charge in [0.05, 0.1) is 17.2 Å². The summed E-state index contributed by atoms with van der Waals surface area (Å²) in [7, 11) is 0. The Morgan fingerprint density at radius 2 is 1.76 bits per heavy atom. The first-order chi connectivity index (χ1) is 22.3. The third-order valence-corrected chi connectivity index (χ3v) is 9.97. The van der Waals surface area contributed by atoms with E-state index in [4.69, 9.17) is 0 Å². The van der Waals surface area contributed by atoms with Crippen LogP contribution in [0.5, 0.6) is 0 Å². The first-order valence-corrected chi connectivity index (χ1v) is 16.5. The van der Waals surface area contributed by atoms with Crippen molar-refractivity contribution in [2.24, 2.45) is 0 Å². The van der Waals surface area contributed by atoms with Gasteiger partial charge in [0, 0.05) is 47.3 Å². The molecule has 8 heteroatoms. The number of anilines is 1. The number of aromatic amines is 1. The van der Waals surface area contributed by atoms with Crippen molar-refractivity contribution in [1.82, 2.24) is 20.1 Å². The van der Waals surface area contributed by atoms with Crippen LogP contribution in [0, 0.1) is 13.8 Å². The Morgan fingerprint density at radius 1 is 0.978 bits per heavy atom. The van der Waals surface area contributed by atoms with Crippen molar-refractivity contribution < 1.29 is 14.4 Å². The van der Waals surface area contributed by atoms with Gasteiger partial charge in [-0.1, -0.05) is 36.4 Å². The second kappa shape index (κ2) is 12.2. The largest absolute Gasteiger partial charge is 0.358 e. The number of carbonyl (C=O) groups is 3. The fourth-order valence-corrected chi connectivity index (χ4v) is 7.40. The van der Waals surface area contributed by atoms with Crippen LogP contribution in [0.3, 0.4) is 0 Å². The highest BCUT2D eigenvalue weighted by Gasteiger charge is 2.34. The molecule has 4 aromatic rings. The van der Waals surface area contributed by atoms with E-state index in [0.717, 1.165) is 72.3 Å². The van der Waals surface area contributed by atoms with Gasteiger partial charge in [0.1, 0.15) is 0 Å². The number of amides is 3. The van der Waals surface area contributed by atoms with Gasteiger partial charge in [0.25, 0.3) is 17.7 Å². The average Bonchev–Trinajstić information content (AvgIpc) is 3.85. The van der Waals surface area contributed by atoms with Crippen LogP contribution in [0.15, 0.2) is 60.7 Å². The number of aromatic nitrogens is 1. The van der Waals surface area contributed by atoms with E-state index in [1.54, 1.807) is 18.2 Å². The minimum atomic E-state index is -0.234. The van der Waals surface area contributed by atoms with E-state index in [1.807, 2.05) is 45.0 Å². The number of hydrogen-bond acceptors (Lipinski definition) is 4. The minimum absolute atomic E-state index is 0.0633. The molecule has 2 fully saturated rings. The average molecular weight is 616 g/mol. The number of hydrogen-bond donors (Lipinski definition) is 3. The maximum atomic E-state index is 13.9. The van der Waals surface area contributed by atoms with Crippen molar-refractivity contribution in [2.45, 2.75) is 58.5 Å². The van der Waals surface area contributed by atoms with Crippen molar-refractivity contribution in [2.75, 3.05) is 31.5 Å². The lowest BCUT2D eigenvalue weighted by Crippen LogP contribution is -2.42. The van der Waals surface area contributed by atoms with Crippen LogP contribution in [-0.2, 0) is 4.79 Å². The van der Waals surface area contributed by atoms with Crippen LogP contribution in [-0.4, -0.2) is 64.7 Å². The molecule has 4 heterocycles. The first kappa shape index (κ1) is 30.0. The summed E-state index contributed by atoms with van der Waals surface area (Å²) in [6.45, 7) is 9.80. The molecular weight excluding hydrogens is 574 g/mol. The van der Waals surface area contributed by atoms with Crippen molar-refractivity contribution in [3.63, 3.8) is 0 Å². The summed E-state index contributed by atoms with van der Waals surface area (Å²) in [5, 5.41) is 8.33. The standard InChI is InChI=1S/C38H41N5O3/c1-23-34(39-25(3)35(23)38(46)43-18-8-11-30(43)22-42-16-6-7-17-42)21-32-31-20-29(14-15-33(31)41-37(32)45)36(44)40-24(2)27-13-12-26-9-4-5-10-28(26)19-27/h4-5,9-10,12-15,19-21,24,30,39H,6-8,11,16-18,22H2,1-3H3,(H,40,44)(H,41,45)/t24-,30-/m1/s1. The maximum Gasteiger partial charge on any atom is 0.256 e. The second-order valence-corrected chi connectivity index (χ2v) is 13.0. The summed E-state index contributed by atoms with van der Waals surface area (Å²) in [6.07, 6.45) is 6.35. The lowest BCUT2D eigenvalue weighted by atomic mass is 10.00. The fraction of sp³-hybridized carbons (Fsp3) is 0.342. The van der Waals surface area contributed by atoms with E-state index in [9.17, 15) is 14.4 Å². The quantitative estimate of drug-likeness (QED) is 0.208. The van der Waals surface area contributed by atoms with Crippen LogP contribution in [0.25, 0.3) is 22.4 Å². The van der Waals surface area contributed by atoms with E-state index in [1.165, 1.54) is 12.8 Å². The summed E-state index contributed by atoms with van der Waals surface area (Å²) < 4.78 is 0. The van der Waals surface area contributed by atoms with Crippen LogP contribution in [0.1, 0.15) is 87.4 Å². The number of nitrogens with zero attached hydrogens (tertiary/aromatic N) is 2. The first-order valence-electron chi connectivity index (χ1n) is 16.5. The fourth-order valence-electron chi connectivity index (χ4n) is 7.40. The Bertz CT molecular complexity index is 1880. The molecule has 0 bridgehead atoms. The van der Waals surface area contributed by atoms with Crippen LogP contribution in [0.4, 0.5) is 5.69 Å². The smallest absolute Gasteiger partial charge is 0.256 e. The van der Waals surface area contributed by atoms with Crippen molar-refractivity contribution in [3.05, 3.63) is 99.9 Å². The molecule has 3 aliphatic rings. The highest BCUT2D eigenvalue weighted by atomic mass is 16.2. The summed E-state index contributed by atoms with van der Waals surface area (Å²) in [5.41, 5.74) is 6.34. The van der Waals surface area contributed by atoms with E-state index in [0.29, 0.717) is 28.0 Å². The Hall–Kier alpha value is -4.69. The second-order valence-electron chi connectivity index (χ2n) is 13.0. The van der Waals surface area contributed by atoms with Gasteiger partial charge < -0.3 is 25.4 Å². The van der Waals surface area contributed by atoms with Gasteiger partial charge in [-0.2, -0.15) is 0 Å². The van der Waals surface area contributed by atoms with E-state index in [2.05, 4.69) is 49.7 Å². The lowest BCUT2D eigenvalue weighted by molar-refractivity contribution is -0.110. The molecule has 3 N–H and O–H groups in total. The van der Waals surface area contributed by atoms with Gasteiger partial charge in [-0.05, 0) is 112 Å². The van der Waals surface area contributed by atoms with Crippen LogP contribution >= 0.6 is 0 Å². The summed E-state index contributed by atoms with van der Waals surface area (Å²) >= 11 is 0. The number of benzene rings is 3. The molecule has 0 saturated carbocycles. The number of likely N-dealkylation sites (tertiary alicyclic amines) is 2. The lowest BCUT2D eigenvalue weighted by Gasteiger charge is -2.28. The Balaban J connectivity index is 1.11. The SMILES string of the molecule is Cc1[nH]c(C=C2C(=O)Nc3ccc(C(=O)N[C@H](C)c4ccc5ccccc5c4)cc32)c(C)c1C(=O)N1CCC[C@@H]1CN1CCCC1. The number of carbonyl (C=O) groups excluding carboxylic acids is 3. The molecule has 2 saturated heterocycles. The molecule has 0 spiro atoms. The molecule has 46 heavy (non-hydrogen) atoms. The Morgan fingerprint density at radius 3 is 2.57 bits per heavy atom. The van der Waals surface area contributed by atoms with Gasteiger partial charge >= 0.3 is 0 Å². The van der Waals surface area contributed by atoms with Crippen molar-refractivity contribution >= 4 is 45.8 Å². The minimum Gasteiger partial charge on any atom is -0.358 e. The van der Waals surface area contributed by atoms with Crippen molar-refractivity contribution in [3.8, 4) is 0 Å².